The summed E-state index contributed by atoms with van der Waals surface area (Å²) in [5.41, 5.74) is 3.10. The number of piperazine rings is 1. The number of benzene rings is 2. The summed E-state index contributed by atoms with van der Waals surface area (Å²) in [5.74, 6) is 0.671. The Labute approximate surface area is 189 Å². The van der Waals surface area contributed by atoms with Crippen LogP contribution in [0.25, 0.3) is 11.1 Å². The van der Waals surface area contributed by atoms with Crippen LogP contribution in [0.3, 0.4) is 0 Å². The van der Waals surface area contributed by atoms with Crippen molar-refractivity contribution in [3.05, 3.63) is 53.6 Å². The topological polar surface area (TPSA) is 66.9 Å². The molecular weight excluding hydrogens is 404 g/mol. The second-order valence-corrected chi connectivity index (χ2v) is 9.84. The molecule has 2 aliphatic rings. The predicted molar refractivity (Wildman–Crippen MR) is 123 cm³/mol. The molecule has 0 bridgehead atoms. The fourth-order valence-corrected chi connectivity index (χ4v) is 4.45. The highest BCUT2D eigenvalue weighted by Crippen LogP contribution is 2.30. The molecule has 0 radical (unpaired) electrons. The van der Waals surface area contributed by atoms with E-state index in [2.05, 4.69) is 0 Å². The molecule has 0 unspecified atom stereocenters. The van der Waals surface area contributed by atoms with Crippen LogP contribution in [-0.4, -0.2) is 60.2 Å². The molecule has 0 saturated carbocycles. The number of carbonyl (C=O) groups excluding carboxylic acids is 3. The molecule has 0 spiro atoms. The van der Waals surface area contributed by atoms with Gasteiger partial charge in [-0.2, -0.15) is 0 Å². The van der Waals surface area contributed by atoms with Crippen LogP contribution >= 0.6 is 0 Å². The molecule has 0 N–H and O–H groups in total. The van der Waals surface area contributed by atoms with Crippen molar-refractivity contribution in [2.24, 2.45) is 5.41 Å². The summed E-state index contributed by atoms with van der Waals surface area (Å²) in [7, 11) is 1.62. The lowest BCUT2D eigenvalue weighted by molar-refractivity contribution is -0.137. The highest BCUT2D eigenvalue weighted by molar-refractivity contribution is 6.04. The van der Waals surface area contributed by atoms with Crippen molar-refractivity contribution in [2.45, 2.75) is 39.7 Å². The van der Waals surface area contributed by atoms with Gasteiger partial charge in [-0.25, -0.2) is 0 Å². The van der Waals surface area contributed by atoms with Gasteiger partial charge >= 0.3 is 0 Å². The van der Waals surface area contributed by atoms with Crippen LogP contribution in [0.1, 0.15) is 43.1 Å². The molecule has 1 fully saturated rings. The lowest BCUT2D eigenvalue weighted by atomic mass is 9.91. The van der Waals surface area contributed by atoms with Crippen LogP contribution in [0.15, 0.2) is 42.5 Å². The van der Waals surface area contributed by atoms with Gasteiger partial charge < -0.3 is 14.5 Å². The number of hydrogen-bond acceptors (Lipinski definition) is 4. The van der Waals surface area contributed by atoms with Crippen LogP contribution in [0.5, 0.6) is 5.75 Å². The van der Waals surface area contributed by atoms with Gasteiger partial charge in [0.25, 0.3) is 5.91 Å². The van der Waals surface area contributed by atoms with Crippen LogP contribution in [0, 0.1) is 5.41 Å². The number of rotatable bonds is 3. The normalized spacial score (nSPS) is 18.7. The van der Waals surface area contributed by atoms with E-state index in [0.717, 1.165) is 22.4 Å². The Kier molecular flexibility index (Phi) is 5.80. The monoisotopic (exact) mass is 434 g/mol. The summed E-state index contributed by atoms with van der Waals surface area (Å²) >= 11 is 0. The van der Waals surface area contributed by atoms with Crippen molar-refractivity contribution in [3.8, 4) is 16.9 Å². The van der Waals surface area contributed by atoms with E-state index in [1.54, 1.807) is 16.9 Å². The molecular formula is C26H30N2O4. The minimum absolute atomic E-state index is 0.0115. The fourth-order valence-electron chi connectivity index (χ4n) is 4.45. The largest absolute Gasteiger partial charge is 0.497 e. The Morgan fingerprint density at radius 2 is 1.72 bits per heavy atom. The summed E-state index contributed by atoms with van der Waals surface area (Å²) in [5, 5.41) is 0. The second-order valence-electron chi connectivity index (χ2n) is 9.84. The Morgan fingerprint density at radius 1 is 1.03 bits per heavy atom. The standard InChI is InChI=1S/C26H30N2O4/c1-26(2,3)15-24(30)27-11-12-28-22(16-27)23(29)14-19-6-5-18(13-21(19)25(28)31)17-7-9-20(32-4)10-8-17/h5-10,13,22H,11-12,14-16H2,1-4H3/t22-/m1/s1. The molecule has 2 aliphatic heterocycles. The number of ketones is 1. The summed E-state index contributed by atoms with van der Waals surface area (Å²) in [6.07, 6.45) is 0.625. The number of fused-ring (bicyclic) bond motifs is 2. The minimum Gasteiger partial charge on any atom is -0.497 e. The Balaban J connectivity index is 1.59. The predicted octanol–water partition coefficient (Wildman–Crippen LogP) is 3.58. The maximum Gasteiger partial charge on any atom is 0.254 e. The molecule has 1 atom stereocenters. The summed E-state index contributed by atoms with van der Waals surface area (Å²) in [6.45, 7) is 7.18. The Bertz CT molecular complexity index is 1050. The van der Waals surface area contributed by atoms with E-state index in [9.17, 15) is 14.4 Å². The number of Topliss-reactive ketones (excluding diaryl/α,β-unsaturated/α-hetero) is 1. The molecule has 0 aromatic heterocycles. The van der Waals surface area contributed by atoms with E-state index in [4.69, 9.17) is 4.74 Å². The average molecular weight is 435 g/mol. The maximum absolute atomic E-state index is 13.5. The van der Waals surface area contributed by atoms with Crippen molar-refractivity contribution in [3.63, 3.8) is 0 Å². The van der Waals surface area contributed by atoms with E-state index in [-0.39, 0.29) is 36.0 Å². The lowest BCUT2D eigenvalue weighted by Gasteiger charge is -2.40. The Morgan fingerprint density at radius 3 is 2.38 bits per heavy atom. The van der Waals surface area contributed by atoms with Crippen molar-refractivity contribution in [1.82, 2.24) is 9.80 Å². The van der Waals surface area contributed by atoms with Crippen molar-refractivity contribution in [2.75, 3.05) is 26.7 Å². The van der Waals surface area contributed by atoms with Gasteiger partial charge in [-0.15, -0.1) is 0 Å². The number of carbonyl (C=O) groups is 3. The summed E-state index contributed by atoms with van der Waals surface area (Å²) in [4.78, 5) is 42.7. The number of ether oxygens (including phenoxy) is 1. The third-order valence-electron chi connectivity index (χ3n) is 6.18. The fraction of sp³-hybridized carbons (Fsp3) is 0.423. The second kappa shape index (κ2) is 8.41. The highest BCUT2D eigenvalue weighted by Gasteiger charge is 2.40. The zero-order chi connectivity index (χ0) is 23.0. The van der Waals surface area contributed by atoms with Gasteiger partial charge in [0.2, 0.25) is 5.91 Å². The molecule has 1 saturated heterocycles. The molecule has 6 nitrogen and oxygen atoms in total. The van der Waals surface area contributed by atoms with Gasteiger partial charge in [-0.1, -0.05) is 45.0 Å². The summed E-state index contributed by atoms with van der Waals surface area (Å²) < 4.78 is 5.23. The smallest absolute Gasteiger partial charge is 0.254 e. The number of methoxy groups -OCH3 is 1. The van der Waals surface area contributed by atoms with Gasteiger partial charge in [-0.3, -0.25) is 14.4 Å². The van der Waals surface area contributed by atoms with Crippen LogP contribution in [-0.2, 0) is 16.0 Å². The van der Waals surface area contributed by atoms with Gasteiger partial charge in [-0.05, 0) is 40.3 Å². The minimum atomic E-state index is -0.586. The van der Waals surface area contributed by atoms with E-state index < -0.39 is 6.04 Å². The van der Waals surface area contributed by atoms with Crippen molar-refractivity contribution < 1.29 is 19.1 Å². The molecule has 2 amide bonds. The molecule has 2 aromatic rings. The number of amides is 2. The molecule has 4 rings (SSSR count). The quantitative estimate of drug-likeness (QED) is 0.741. The average Bonchev–Trinajstić information content (AvgIpc) is 2.87. The number of nitrogens with zero attached hydrogens (tertiary/aromatic N) is 2. The van der Waals surface area contributed by atoms with E-state index in [1.165, 1.54) is 0 Å². The first-order valence-corrected chi connectivity index (χ1v) is 11.0. The SMILES string of the molecule is COc1ccc(-c2ccc3c(c2)C(=O)N2CCN(C(=O)CC(C)(C)C)C[C@@H]2C(=O)C3)cc1. The van der Waals surface area contributed by atoms with Crippen molar-refractivity contribution in [1.29, 1.82) is 0 Å². The molecule has 2 heterocycles. The van der Waals surface area contributed by atoms with Gasteiger partial charge in [0, 0.05) is 38.0 Å². The highest BCUT2D eigenvalue weighted by atomic mass is 16.5. The van der Waals surface area contributed by atoms with E-state index in [1.807, 2.05) is 63.2 Å². The zero-order valence-electron chi connectivity index (χ0n) is 19.2. The molecule has 168 valence electrons. The maximum atomic E-state index is 13.5. The van der Waals surface area contributed by atoms with Gasteiger partial charge in [0.1, 0.15) is 11.8 Å². The van der Waals surface area contributed by atoms with Gasteiger partial charge in [0.15, 0.2) is 5.78 Å². The van der Waals surface area contributed by atoms with Crippen LogP contribution in [0.2, 0.25) is 0 Å². The summed E-state index contributed by atoms with van der Waals surface area (Å²) in [6, 6.07) is 12.8. The van der Waals surface area contributed by atoms with E-state index >= 15 is 0 Å². The zero-order valence-corrected chi connectivity index (χ0v) is 19.2. The lowest BCUT2D eigenvalue weighted by Crippen LogP contribution is -2.59. The first kappa shape index (κ1) is 22.1. The van der Waals surface area contributed by atoms with Crippen LogP contribution in [0.4, 0.5) is 0 Å². The first-order chi connectivity index (χ1) is 15.2. The molecule has 6 heteroatoms. The van der Waals surface area contributed by atoms with Crippen molar-refractivity contribution >= 4 is 17.6 Å². The third kappa shape index (κ3) is 4.40. The number of hydrogen-bond donors (Lipinski definition) is 0. The molecule has 32 heavy (non-hydrogen) atoms. The van der Waals surface area contributed by atoms with Gasteiger partial charge in [0.05, 0.1) is 7.11 Å². The molecule has 0 aliphatic carbocycles. The third-order valence-corrected chi connectivity index (χ3v) is 6.18. The van der Waals surface area contributed by atoms with Crippen LogP contribution < -0.4 is 4.74 Å². The Hall–Kier alpha value is -3.15. The molecule has 2 aromatic carbocycles. The first-order valence-electron chi connectivity index (χ1n) is 11.0. The van der Waals surface area contributed by atoms with E-state index in [0.29, 0.717) is 25.1 Å².